The van der Waals surface area contributed by atoms with Crippen LogP contribution in [0.2, 0.25) is 0 Å². The van der Waals surface area contributed by atoms with Crippen LogP contribution in [0.3, 0.4) is 0 Å². The third-order valence-electron chi connectivity index (χ3n) is 2.85. The Hall–Kier alpha value is -2.26. The zero-order valence-corrected chi connectivity index (χ0v) is 13.3. The van der Waals surface area contributed by atoms with Crippen molar-refractivity contribution < 1.29 is 19.7 Å². The largest absolute Gasteiger partial charge is 0.508 e. The van der Waals surface area contributed by atoms with Crippen molar-refractivity contribution in [3.05, 3.63) is 23.8 Å². The van der Waals surface area contributed by atoms with Gasteiger partial charge in [0.2, 0.25) is 6.08 Å². The van der Waals surface area contributed by atoms with Gasteiger partial charge in [-0.1, -0.05) is 45.3 Å². The van der Waals surface area contributed by atoms with Crippen LogP contribution >= 0.6 is 0 Å². The SMILES string of the molecule is CCCC=Cc1c(O)cc(O)cc1OCCCCC.N=C=O. The number of rotatable bonds is 8. The Kier molecular flexibility index (Phi) is 11.2. The van der Waals surface area contributed by atoms with Crippen molar-refractivity contribution in [2.24, 2.45) is 0 Å². The molecule has 122 valence electrons. The van der Waals surface area contributed by atoms with Gasteiger partial charge in [-0.25, -0.2) is 10.2 Å². The standard InChI is InChI=1S/C16H24O3.CHNO/c1-3-5-7-9-14-15(18)11-13(17)12-16(14)19-10-8-6-4-2;2-1-3/h7,9,11-12,17-18H,3-6,8,10H2,1-2H3;2H. The van der Waals surface area contributed by atoms with Crippen molar-refractivity contribution in [2.75, 3.05) is 6.61 Å². The summed E-state index contributed by atoms with van der Waals surface area (Å²) in [5.41, 5.74) is 0.641. The Morgan fingerprint density at radius 1 is 1.23 bits per heavy atom. The summed E-state index contributed by atoms with van der Waals surface area (Å²) < 4.78 is 5.66. The molecule has 1 rings (SSSR count). The maximum absolute atomic E-state index is 9.88. The van der Waals surface area contributed by atoms with Gasteiger partial charge >= 0.3 is 0 Å². The van der Waals surface area contributed by atoms with E-state index in [2.05, 4.69) is 13.8 Å². The summed E-state index contributed by atoms with van der Waals surface area (Å²) in [6, 6.07) is 2.89. The topological polar surface area (TPSA) is 90.6 Å². The third-order valence-corrected chi connectivity index (χ3v) is 2.85. The molecule has 5 nitrogen and oxygen atoms in total. The van der Waals surface area contributed by atoms with Crippen LogP contribution in [0.15, 0.2) is 18.2 Å². The number of allylic oxidation sites excluding steroid dienone is 1. The zero-order valence-electron chi connectivity index (χ0n) is 13.3. The van der Waals surface area contributed by atoms with Gasteiger partial charge in [0.25, 0.3) is 0 Å². The third kappa shape index (κ3) is 8.12. The van der Waals surface area contributed by atoms with E-state index in [0.717, 1.165) is 38.2 Å². The van der Waals surface area contributed by atoms with Crippen molar-refractivity contribution in [2.45, 2.75) is 46.0 Å². The molecule has 0 aliphatic carbocycles. The monoisotopic (exact) mass is 307 g/mol. The first-order chi connectivity index (χ1) is 10.6. The van der Waals surface area contributed by atoms with Gasteiger partial charge < -0.3 is 14.9 Å². The molecule has 0 saturated carbocycles. The van der Waals surface area contributed by atoms with Gasteiger partial charge in [-0.15, -0.1) is 0 Å². The predicted octanol–water partition coefficient (Wildman–Crippen LogP) is 4.38. The van der Waals surface area contributed by atoms with Crippen LogP contribution in [0.25, 0.3) is 6.08 Å². The van der Waals surface area contributed by atoms with Crippen LogP contribution < -0.4 is 4.74 Å². The predicted molar refractivity (Wildman–Crippen MR) is 87.1 cm³/mol. The van der Waals surface area contributed by atoms with Crippen molar-refractivity contribution in [1.82, 2.24) is 0 Å². The van der Waals surface area contributed by atoms with Crippen molar-refractivity contribution in [3.63, 3.8) is 0 Å². The smallest absolute Gasteiger partial charge is 0.231 e. The number of unbranched alkanes of at least 4 members (excludes halogenated alkanes) is 3. The number of phenolic OH excluding ortho intramolecular Hbond substituents is 2. The number of nitrogens with one attached hydrogen (secondary N) is 1. The van der Waals surface area contributed by atoms with E-state index < -0.39 is 0 Å². The molecule has 0 aliphatic rings. The van der Waals surface area contributed by atoms with Crippen LogP contribution in [-0.4, -0.2) is 22.9 Å². The molecular weight excluding hydrogens is 282 g/mol. The van der Waals surface area contributed by atoms with Crippen LogP contribution in [0, 0.1) is 5.41 Å². The first kappa shape index (κ1) is 19.7. The molecule has 1 aromatic carbocycles. The highest BCUT2D eigenvalue weighted by molar-refractivity contribution is 5.65. The lowest BCUT2D eigenvalue weighted by Gasteiger charge is -2.11. The van der Waals surface area contributed by atoms with Crippen molar-refractivity contribution in [1.29, 1.82) is 5.41 Å². The fourth-order valence-corrected chi connectivity index (χ4v) is 1.79. The number of phenols is 2. The number of benzene rings is 1. The molecule has 3 N–H and O–H groups in total. The Morgan fingerprint density at radius 2 is 1.91 bits per heavy atom. The summed E-state index contributed by atoms with van der Waals surface area (Å²) in [6.07, 6.45) is 9.85. The molecule has 0 bridgehead atoms. The number of hydrogen-bond acceptors (Lipinski definition) is 5. The summed E-state index contributed by atoms with van der Waals surface area (Å²) in [7, 11) is 0. The van der Waals surface area contributed by atoms with E-state index in [1.807, 2.05) is 12.2 Å². The highest BCUT2D eigenvalue weighted by Crippen LogP contribution is 2.34. The second-order valence-electron chi connectivity index (χ2n) is 4.73. The summed E-state index contributed by atoms with van der Waals surface area (Å²) in [5, 5.41) is 24.8. The molecule has 0 unspecified atom stereocenters. The second-order valence-corrected chi connectivity index (χ2v) is 4.73. The second kappa shape index (κ2) is 12.5. The van der Waals surface area contributed by atoms with E-state index >= 15 is 0 Å². The van der Waals surface area contributed by atoms with Gasteiger partial charge in [0.1, 0.15) is 17.2 Å². The van der Waals surface area contributed by atoms with Crippen LogP contribution in [0.5, 0.6) is 17.2 Å². The van der Waals surface area contributed by atoms with Crippen LogP contribution in [0.1, 0.15) is 51.5 Å². The molecule has 0 amide bonds. The number of hydrogen-bond donors (Lipinski definition) is 3. The minimum Gasteiger partial charge on any atom is -0.508 e. The summed E-state index contributed by atoms with van der Waals surface area (Å²) in [6.45, 7) is 4.84. The van der Waals surface area contributed by atoms with Gasteiger partial charge in [0.15, 0.2) is 0 Å². The van der Waals surface area contributed by atoms with Gasteiger partial charge in [0, 0.05) is 12.1 Å². The molecule has 0 aromatic heterocycles. The van der Waals surface area contributed by atoms with E-state index in [0.29, 0.717) is 17.9 Å². The lowest BCUT2D eigenvalue weighted by molar-refractivity contribution is 0.302. The van der Waals surface area contributed by atoms with E-state index in [4.69, 9.17) is 14.9 Å². The Morgan fingerprint density at radius 3 is 2.50 bits per heavy atom. The van der Waals surface area contributed by atoms with Crippen LogP contribution in [-0.2, 0) is 4.79 Å². The lowest BCUT2D eigenvalue weighted by Crippen LogP contribution is -1.98. The van der Waals surface area contributed by atoms with E-state index in [-0.39, 0.29) is 11.5 Å². The first-order valence-corrected chi connectivity index (χ1v) is 7.49. The van der Waals surface area contributed by atoms with Crippen LogP contribution in [0.4, 0.5) is 0 Å². The Balaban J connectivity index is 0.00000135. The molecule has 0 atom stereocenters. The lowest BCUT2D eigenvalue weighted by atomic mass is 10.1. The fraction of sp³-hybridized carbons (Fsp3) is 0.471. The van der Waals surface area contributed by atoms with Crippen molar-refractivity contribution in [3.8, 4) is 17.2 Å². The molecular formula is C17H25NO4. The Labute approximate surface area is 131 Å². The summed E-state index contributed by atoms with van der Waals surface area (Å²) >= 11 is 0. The zero-order chi connectivity index (χ0) is 16.8. The summed E-state index contributed by atoms with van der Waals surface area (Å²) in [5.74, 6) is 0.620. The molecule has 0 aliphatic heterocycles. The quantitative estimate of drug-likeness (QED) is 0.377. The maximum atomic E-state index is 9.88. The summed E-state index contributed by atoms with van der Waals surface area (Å²) in [4.78, 5) is 8.35. The average Bonchev–Trinajstić information content (AvgIpc) is 2.47. The van der Waals surface area contributed by atoms with E-state index in [1.165, 1.54) is 6.07 Å². The van der Waals surface area contributed by atoms with Gasteiger partial charge in [-0.3, -0.25) is 0 Å². The number of ether oxygens (including phenoxy) is 1. The fourth-order valence-electron chi connectivity index (χ4n) is 1.79. The minimum absolute atomic E-state index is 0.0237. The molecule has 0 fully saturated rings. The molecule has 0 saturated heterocycles. The van der Waals surface area contributed by atoms with Crippen molar-refractivity contribution >= 4 is 12.2 Å². The molecule has 5 heteroatoms. The maximum Gasteiger partial charge on any atom is 0.231 e. The number of aromatic hydroxyl groups is 2. The van der Waals surface area contributed by atoms with E-state index in [9.17, 15) is 10.2 Å². The molecule has 22 heavy (non-hydrogen) atoms. The normalized spacial score (nSPS) is 9.91. The minimum atomic E-state index is 0.0237. The van der Waals surface area contributed by atoms with Gasteiger partial charge in [-0.05, 0) is 12.8 Å². The number of carbonyl (C=O) groups excluding carboxylic acids is 1. The Bertz CT molecular complexity index is 492. The highest BCUT2D eigenvalue weighted by Gasteiger charge is 2.09. The van der Waals surface area contributed by atoms with Gasteiger partial charge in [-0.2, -0.15) is 0 Å². The molecule has 0 heterocycles. The number of isocyanates is 1. The molecule has 1 aromatic rings. The highest BCUT2D eigenvalue weighted by atomic mass is 16.5. The average molecular weight is 307 g/mol. The van der Waals surface area contributed by atoms with Gasteiger partial charge in [0.05, 0.1) is 12.2 Å². The first-order valence-electron chi connectivity index (χ1n) is 7.49. The van der Waals surface area contributed by atoms with E-state index in [1.54, 1.807) is 6.07 Å². The molecule has 0 radical (unpaired) electrons. The molecule has 0 spiro atoms.